The van der Waals surface area contributed by atoms with Crippen molar-refractivity contribution in [3.8, 4) is 0 Å². The highest BCUT2D eigenvalue weighted by Crippen LogP contribution is 2.31. The third kappa shape index (κ3) is 3.06. The number of aromatic amines is 1. The van der Waals surface area contributed by atoms with E-state index in [0.29, 0.717) is 18.0 Å². The lowest BCUT2D eigenvalue weighted by atomic mass is 9.79. The summed E-state index contributed by atoms with van der Waals surface area (Å²) in [6.45, 7) is 2.52. The molecule has 0 unspecified atom stereocenters. The number of hydrogen-bond donors (Lipinski definition) is 3. The Morgan fingerprint density at radius 3 is 2.94 bits per heavy atom. The molecule has 0 saturated heterocycles. The van der Waals surface area contributed by atoms with Crippen molar-refractivity contribution >= 4 is 5.91 Å². The summed E-state index contributed by atoms with van der Waals surface area (Å²) in [5.74, 6) is 0.491. The van der Waals surface area contributed by atoms with Crippen LogP contribution < -0.4 is 5.32 Å². The van der Waals surface area contributed by atoms with E-state index in [0.717, 1.165) is 25.7 Å². The SMILES string of the molecule is CC1CCC(O)(CNC(=O)c2cn[nH]c2)CC1. The molecule has 1 aromatic heterocycles. The third-order valence-electron chi connectivity index (χ3n) is 3.54. The molecule has 1 amide bonds. The summed E-state index contributed by atoms with van der Waals surface area (Å²) in [6.07, 6.45) is 6.60. The van der Waals surface area contributed by atoms with Crippen LogP contribution in [0.5, 0.6) is 0 Å². The minimum Gasteiger partial charge on any atom is -0.388 e. The van der Waals surface area contributed by atoms with E-state index in [1.165, 1.54) is 6.20 Å². The van der Waals surface area contributed by atoms with Gasteiger partial charge in [0.05, 0.1) is 17.4 Å². The van der Waals surface area contributed by atoms with Gasteiger partial charge in [0.15, 0.2) is 0 Å². The maximum Gasteiger partial charge on any atom is 0.254 e. The first-order chi connectivity index (χ1) is 8.09. The van der Waals surface area contributed by atoms with Gasteiger partial charge in [-0.15, -0.1) is 0 Å². The van der Waals surface area contributed by atoms with E-state index >= 15 is 0 Å². The second-order valence-corrected chi connectivity index (χ2v) is 5.08. The van der Waals surface area contributed by atoms with Crippen molar-refractivity contribution in [2.45, 2.75) is 38.2 Å². The number of nitrogens with one attached hydrogen (secondary N) is 2. The molecule has 0 bridgehead atoms. The molecule has 1 aromatic rings. The number of carbonyl (C=O) groups is 1. The molecular weight excluding hydrogens is 218 g/mol. The van der Waals surface area contributed by atoms with Crippen LogP contribution in [0.15, 0.2) is 12.4 Å². The zero-order chi connectivity index (χ0) is 12.3. The van der Waals surface area contributed by atoms with Crippen LogP contribution in [0.25, 0.3) is 0 Å². The van der Waals surface area contributed by atoms with E-state index in [1.54, 1.807) is 6.20 Å². The molecule has 94 valence electrons. The molecule has 1 aliphatic rings. The molecule has 3 N–H and O–H groups in total. The average Bonchev–Trinajstić information content (AvgIpc) is 2.84. The van der Waals surface area contributed by atoms with E-state index < -0.39 is 5.60 Å². The first-order valence-corrected chi connectivity index (χ1v) is 6.08. The predicted octanol–water partition coefficient (Wildman–Crippen LogP) is 1.08. The molecule has 17 heavy (non-hydrogen) atoms. The maximum absolute atomic E-state index is 11.7. The lowest BCUT2D eigenvalue weighted by molar-refractivity contribution is -0.00539. The quantitative estimate of drug-likeness (QED) is 0.736. The molecular formula is C12H19N3O2. The summed E-state index contributed by atoms with van der Waals surface area (Å²) in [4.78, 5) is 11.7. The highest BCUT2D eigenvalue weighted by atomic mass is 16.3. The summed E-state index contributed by atoms with van der Waals surface area (Å²) in [6, 6.07) is 0. The van der Waals surface area contributed by atoms with Gasteiger partial charge in [0, 0.05) is 12.7 Å². The number of aromatic nitrogens is 2. The minimum atomic E-state index is -0.730. The Morgan fingerprint density at radius 2 is 2.35 bits per heavy atom. The van der Waals surface area contributed by atoms with Crippen molar-refractivity contribution in [1.29, 1.82) is 0 Å². The fourth-order valence-corrected chi connectivity index (χ4v) is 2.20. The van der Waals surface area contributed by atoms with Gasteiger partial charge in [-0.1, -0.05) is 6.92 Å². The molecule has 0 radical (unpaired) electrons. The maximum atomic E-state index is 11.7. The smallest absolute Gasteiger partial charge is 0.254 e. The number of aliphatic hydroxyl groups is 1. The second-order valence-electron chi connectivity index (χ2n) is 5.08. The highest BCUT2D eigenvalue weighted by molar-refractivity contribution is 5.93. The number of nitrogens with zero attached hydrogens (tertiary/aromatic N) is 1. The molecule has 2 rings (SSSR count). The van der Waals surface area contributed by atoms with Crippen LogP contribution in [0.1, 0.15) is 43.0 Å². The Morgan fingerprint density at radius 1 is 1.65 bits per heavy atom. The van der Waals surface area contributed by atoms with Crippen molar-refractivity contribution in [2.75, 3.05) is 6.54 Å². The van der Waals surface area contributed by atoms with Crippen LogP contribution in [0.4, 0.5) is 0 Å². The van der Waals surface area contributed by atoms with Gasteiger partial charge in [-0.05, 0) is 31.6 Å². The average molecular weight is 237 g/mol. The van der Waals surface area contributed by atoms with Gasteiger partial charge in [-0.3, -0.25) is 9.89 Å². The Hall–Kier alpha value is -1.36. The molecule has 0 aromatic carbocycles. The molecule has 1 aliphatic carbocycles. The van der Waals surface area contributed by atoms with Crippen LogP contribution in [0.2, 0.25) is 0 Å². The fourth-order valence-electron chi connectivity index (χ4n) is 2.20. The minimum absolute atomic E-state index is 0.189. The molecule has 0 atom stereocenters. The normalized spacial score (nSPS) is 28.9. The number of H-pyrrole nitrogens is 1. The predicted molar refractivity (Wildman–Crippen MR) is 63.5 cm³/mol. The van der Waals surface area contributed by atoms with Gasteiger partial charge >= 0.3 is 0 Å². The van der Waals surface area contributed by atoms with Crippen LogP contribution in [0, 0.1) is 5.92 Å². The van der Waals surface area contributed by atoms with Crippen molar-refractivity contribution in [3.63, 3.8) is 0 Å². The number of hydrogen-bond acceptors (Lipinski definition) is 3. The van der Waals surface area contributed by atoms with Gasteiger partial charge in [-0.2, -0.15) is 5.10 Å². The van der Waals surface area contributed by atoms with Crippen LogP contribution in [0.3, 0.4) is 0 Å². The van der Waals surface area contributed by atoms with Gasteiger partial charge in [0.1, 0.15) is 0 Å². The number of carbonyl (C=O) groups excluding carboxylic acids is 1. The number of rotatable bonds is 3. The summed E-state index contributed by atoms with van der Waals surface area (Å²) < 4.78 is 0. The number of amides is 1. The lowest BCUT2D eigenvalue weighted by Gasteiger charge is -2.34. The zero-order valence-electron chi connectivity index (χ0n) is 10.1. The molecule has 1 heterocycles. The van der Waals surface area contributed by atoms with Crippen molar-refractivity contribution in [2.24, 2.45) is 5.92 Å². The van der Waals surface area contributed by atoms with Gasteiger partial charge in [0.2, 0.25) is 0 Å². The van der Waals surface area contributed by atoms with Gasteiger partial charge < -0.3 is 10.4 Å². The molecule has 0 aliphatic heterocycles. The van der Waals surface area contributed by atoms with E-state index in [9.17, 15) is 9.90 Å². The standard InChI is InChI=1S/C12H19N3O2/c1-9-2-4-12(17,5-3-9)8-13-11(16)10-6-14-15-7-10/h6-7,9,17H,2-5,8H2,1H3,(H,13,16)(H,14,15). The Labute approximate surface area is 101 Å². The first-order valence-electron chi connectivity index (χ1n) is 6.08. The largest absolute Gasteiger partial charge is 0.388 e. The third-order valence-corrected chi connectivity index (χ3v) is 3.54. The summed E-state index contributed by atoms with van der Waals surface area (Å²) >= 11 is 0. The highest BCUT2D eigenvalue weighted by Gasteiger charge is 2.32. The lowest BCUT2D eigenvalue weighted by Crippen LogP contribution is -2.45. The van der Waals surface area contributed by atoms with Gasteiger partial charge in [-0.25, -0.2) is 0 Å². The molecule has 5 nitrogen and oxygen atoms in total. The molecule has 1 saturated carbocycles. The van der Waals surface area contributed by atoms with E-state index in [4.69, 9.17) is 0 Å². The topological polar surface area (TPSA) is 78.0 Å². The van der Waals surface area contributed by atoms with Crippen LogP contribution in [-0.2, 0) is 0 Å². The molecule has 0 spiro atoms. The van der Waals surface area contributed by atoms with Crippen LogP contribution in [-0.4, -0.2) is 33.4 Å². The molecule has 5 heteroatoms. The van der Waals surface area contributed by atoms with Crippen molar-refractivity contribution < 1.29 is 9.90 Å². The molecule has 1 fully saturated rings. The Kier molecular flexibility index (Phi) is 3.47. The fraction of sp³-hybridized carbons (Fsp3) is 0.667. The van der Waals surface area contributed by atoms with E-state index in [1.807, 2.05) is 0 Å². The summed E-state index contributed by atoms with van der Waals surface area (Å²) in [7, 11) is 0. The summed E-state index contributed by atoms with van der Waals surface area (Å²) in [5, 5.41) is 19.4. The summed E-state index contributed by atoms with van der Waals surface area (Å²) in [5.41, 5.74) is -0.232. The Balaban J connectivity index is 1.83. The van der Waals surface area contributed by atoms with Crippen LogP contribution >= 0.6 is 0 Å². The Bertz CT molecular complexity index is 367. The van der Waals surface area contributed by atoms with Crippen molar-refractivity contribution in [3.05, 3.63) is 18.0 Å². The second kappa shape index (κ2) is 4.87. The first kappa shape index (κ1) is 12.1. The van der Waals surface area contributed by atoms with Gasteiger partial charge in [0.25, 0.3) is 5.91 Å². The zero-order valence-corrected chi connectivity index (χ0v) is 10.1. The van der Waals surface area contributed by atoms with E-state index in [-0.39, 0.29) is 5.91 Å². The monoisotopic (exact) mass is 237 g/mol. The van der Waals surface area contributed by atoms with Crippen molar-refractivity contribution in [1.82, 2.24) is 15.5 Å². The van der Waals surface area contributed by atoms with E-state index in [2.05, 4.69) is 22.4 Å².